The van der Waals surface area contributed by atoms with Crippen molar-refractivity contribution in [3.05, 3.63) is 0 Å². The lowest BCUT2D eigenvalue weighted by atomic mass is 10.1. The standard InChI is InChI=1S/C20H33N3O8/c1-20(2,3)31-19(26)22-4-5-23(18(25)16-13-28-7-9-30-16)14(11-22)10-21-17(24)15-12-27-6-8-29-15/h14-16H,4-13H2,1-3H3,(H,21,24)/t14-,15+,16-/m0/s1. The topological polar surface area (TPSA) is 116 Å². The Morgan fingerprint density at radius 3 is 2.19 bits per heavy atom. The molecule has 0 bridgehead atoms. The Morgan fingerprint density at radius 2 is 1.61 bits per heavy atom. The number of piperazine rings is 1. The molecule has 3 aliphatic heterocycles. The van der Waals surface area contributed by atoms with Crippen LogP contribution in [0.1, 0.15) is 20.8 Å². The summed E-state index contributed by atoms with van der Waals surface area (Å²) in [5.41, 5.74) is -0.626. The molecule has 0 spiro atoms. The molecule has 0 saturated carbocycles. The molecule has 31 heavy (non-hydrogen) atoms. The average Bonchev–Trinajstić information content (AvgIpc) is 2.77. The van der Waals surface area contributed by atoms with Crippen LogP contribution in [0.2, 0.25) is 0 Å². The highest BCUT2D eigenvalue weighted by Gasteiger charge is 2.38. The van der Waals surface area contributed by atoms with Gasteiger partial charge in [-0.15, -0.1) is 0 Å². The number of hydrogen-bond donors (Lipinski definition) is 1. The van der Waals surface area contributed by atoms with E-state index in [1.807, 2.05) is 0 Å². The lowest BCUT2D eigenvalue weighted by Crippen LogP contribution is -2.63. The van der Waals surface area contributed by atoms with Crippen molar-refractivity contribution in [2.24, 2.45) is 0 Å². The van der Waals surface area contributed by atoms with E-state index in [1.54, 1.807) is 30.6 Å². The number of carbonyl (C=O) groups is 3. The van der Waals surface area contributed by atoms with Gasteiger partial charge in [-0.3, -0.25) is 9.59 Å². The van der Waals surface area contributed by atoms with E-state index in [-0.39, 0.29) is 38.1 Å². The molecule has 11 heteroatoms. The molecule has 0 aromatic heterocycles. The van der Waals surface area contributed by atoms with Crippen LogP contribution in [0.15, 0.2) is 0 Å². The van der Waals surface area contributed by atoms with Gasteiger partial charge >= 0.3 is 6.09 Å². The van der Waals surface area contributed by atoms with Crippen LogP contribution in [-0.2, 0) is 33.3 Å². The Kier molecular flexibility index (Phi) is 8.09. The molecular formula is C20H33N3O8. The summed E-state index contributed by atoms with van der Waals surface area (Å²) >= 11 is 0. The number of hydrogen-bond acceptors (Lipinski definition) is 8. The summed E-state index contributed by atoms with van der Waals surface area (Å²) in [6.45, 7) is 8.45. The predicted octanol–water partition coefficient (Wildman–Crippen LogP) is -0.619. The largest absolute Gasteiger partial charge is 0.444 e. The Balaban J connectivity index is 1.64. The highest BCUT2D eigenvalue weighted by molar-refractivity contribution is 5.83. The van der Waals surface area contributed by atoms with E-state index in [1.165, 1.54) is 0 Å². The van der Waals surface area contributed by atoms with E-state index < -0.39 is 29.9 Å². The number of carbonyl (C=O) groups excluding carboxylic acids is 3. The molecule has 3 heterocycles. The van der Waals surface area contributed by atoms with Gasteiger partial charge in [0, 0.05) is 26.2 Å². The number of ether oxygens (including phenoxy) is 5. The summed E-state index contributed by atoms with van der Waals surface area (Å²) in [5, 5.41) is 2.83. The number of rotatable bonds is 4. The molecule has 3 fully saturated rings. The van der Waals surface area contributed by atoms with Crippen LogP contribution in [0.5, 0.6) is 0 Å². The zero-order chi connectivity index (χ0) is 22.4. The molecule has 0 unspecified atom stereocenters. The van der Waals surface area contributed by atoms with Gasteiger partial charge in [0.15, 0.2) is 12.2 Å². The minimum Gasteiger partial charge on any atom is -0.444 e. The third-order valence-corrected chi connectivity index (χ3v) is 5.13. The molecule has 11 nitrogen and oxygen atoms in total. The molecule has 0 aliphatic carbocycles. The van der Waals surface area contributed by atoms with Crippen LogP contribution < -0.4 is 5.32 Å². The van der Waals surface area contributed by atoms with Crippen LogP contribution in [0, 0.1) is 0 Å². The van der Waals surface area contributed by atoms with E-state index in [9.17, 15) is 14.4 Å². The van der Waals surface area contributed by atoms with Gasteiger partial charge in [-0.05, 0) is 20.8 Å². The molecule has 0 aromatic carbocycles. The van der Waals surface area contributed by atoms with Gasteiger partial charge in [0.1, 0.15) is 5.60 Å². The van der Waals surface area contributed by atoms with Gasteiger partial charge in [0.25, 0.3) is 11.8 Å². The fraction of sp³-hybridized carbons (Fsp3) is 0.850. The SMILES string of the molecule is CC(C)(C)OC(=O)N1CCN(C(=O)[C@@H]2COCCO2)[C@@H](CNC(=O)[C@H]2COCCO2)C1. The van der Waals surface area contributed by atoms with Gasteiger partial charge in [0.2, 0.25) is 0 Å². The van der Waals surface area contributed by atoms with Crippen LogP contribution in [0.4, 0.5) is 4.79 Å². The van der Waals surface area contributed by atoms with Crippen molar-refractivity contribution in [3.63, 3.8) is 0 Å². The van der Waals surface area contributed by atoms with E-state index in [0.29, 0.717) is 39.5 Å². The van der Waals surface area contributed by atoms with E-state index in [2.05, 4.69) is 5.32 Å². The first-order valence-electron chi connectivity index (χ1n) is 10.7. The van der Waals surface area contributed by atoms with E-state index >= 15 is 0 Å². The van der Waals surface area contributed by atoms with Crippen molar-refractivity contribution >= 4 is 17.9 Å². The second-order valence-corrected chi connectivity index (χ2v) is 8.73. The maximum atomic E-state index is 13.0. The molecule has 0 radical (unpaired) electrons. The van der Waals surface area contributed by atoms with Crippen LogP contribution in [0.25, 0.3) is 0 Å². The number of nitrogens with one attached hydrogen (secondary N) is 1. The molecule has 3 rings (SSSR count). The van der Waals surface area contributed by atoms with Crippen molar-refractivity contribution in [2.75, 3.05) is 65.8 Å². The molecule has 3 saturated heterocycles. The van der Waals surface area contributed by atoms with Crippen molar-refractivity contribution in [2.45, 2.75) is 44.6 Å². The highest BCUT2D eigenvalue weighted by atomic mass is 16.6. The van der Waals surface area contributed by atoms with E-state index in [4.69, 9.17) is 23.7 Å². The molecule has 3 aliphatic rings. The maximum Gasteiger partial charge on any atom is 0.410 e. The first-order chi connectivity index (χ1) is 14.7. The quantitative estimate of drug-likeness (QED) is 0.611. The zero-order valence-electron chi connectivity index (χ0n) is 18.5. The minimum atomic E-state index is -0.685. The highest BCUT2D eigenvalue weighted by Crippen LogP contribution is 2.17. The molecular weight excluding hydrogens is 410 g/mol. The Hall–Kier alpha value is -1.95. The van der Waals surface area contributed by atoms with Crippen molar-refractivity contribution in [3.8, 4) is 0 Å². The summed E-state index contributed by atoms with van der Waals surface area (Å²) < 4.78 is 27.1. The smallest absolute Gasteiger partial charge is 0.410 e. The second-order valence-electron chi connectivity index (χ2n) is 8.73. The van der Waals surface area contributed by atoms with Gasteiger partial charge in [-0.1, -0.05) is 0 Å². The van der Waals surface area contributed by atoms with Crippen LogP contribution >= 0.6 is 0 Å². The first-order valence-corrected chi connectivity index (χ1v) is 10.7. The Morgan fingerprint density at radius 1 is 0.968 bits per heavy atom. The lowest BCUT2D eigenvalue weighted by Gasteiger charge is -2.43. The van der Waals surface area contributed by atoms with E-state index in [0.717, 1.165) is 0 Å². The fourth-order valence-corrected chi connectivity index (χ4v) is 3.60. The molecule has 3 atom stereocenters. The summed E-state index contributed by atoms with van der Waals surface area (Å²) in [5.74, 6) is -0.515. The Labute approximate surface area is 182 Å². The summed E-state index contributed by atoms with van der Waals surface area (Å²) in [4.78, 5) is 41.3. The van der Waals surface area contributed by atoms with Gasteiger partial charge in [0.05, 0.1) is 45.7 Å². The molecule has 1 N–H and O–H groups in total. The zero-order valence-corrected chi connectivity index (χ0v) is 18.5. The van der Waals surface area contributed by atoms with Crippen LogP contribution in [-0.4, -0.2) is 117 Å². The summed E-state index contributed by atoms with van der Waals surface area (Å²) in [6, 6.07) is -0.437. The van der Waals surface area contributed by atoms with Gasteiger partial charge < -0.3 is 38.8 Å². The normalized spacial score (nSPS) is 27.5. The predicted molar refractivity (Wildman–Crippen MR) is 107 cm³/mol. The maximum absolute atomic E-state index is 13.0. The fourth-order valence-electron chi connectivity index (χ4n) is 3.60. The second kappa shape index (κ2) is 10.6. The monoisotopic (exact) mass is 443 g/mol. The average molecular weight is 443 g/mol. The van der Waals surface area contributed by atoms with Crippen molar-refractivity contribution < 1.29 is 38.1 Å². The number of nitrogens with zero attached hydrogens (tertiary/aromatic N) is 2. The molecule has 0 aromatic rings. The lowest BCUT2D eigenvalue weighted by molar-refractivity contribution is -0.163. The minimum absolute atomic E-state index is 0.164. The first kappa shape index (κ1) is 23.7. The van der Waals surface area contributed by atoms with Gasteiger partial charge in [-0.25, -0.2) is 4.79 Å². The molecule has 3 amide bonds. The van der Waals surface area contributed by atoms with Gasteiger partial charge in [-0.2, -0.15) is 0 Å². The third kappa shape index (κ3) is 6.76. The summed E-state index contributed by atoms with van der Waals surface area (Å²) in [6.07, 6.45) is -1.81. The van der Waals surface area contributed by atoms with Crippen molar-refractivity contribution in [1.82, 2.24) is 15.1 Å². The third-order valence-electron chi connectivity index (χ3n) is 5.13. The number of amides is 3. The summed E-state index contributed by atoms with van der Waals surface area (Å²) in [7, 11) is 0. The Bertz CT molecular complexity index is 641. The molecule has 176 valence electrons. The van der Waals surface area contributed by atoms with Crippen molar-refractivity contribution in [1.29, 1.82) is 0 Å². The van der Waals surface area contributed by atoms with Crippen LogP contribution in [0.3, 0.4) is 0 Å².